The number of nitrogens with two attached hydrogens (primary N) is 1. The van der Waals surface area contributed by atoms with Crippen LogP contribution in [-0.2, 0) is 0 Å². The van der Waals surface area contributed by atoms with Crippen molar-refractivity contribution in [1.82, 2.24) is 4.90 Å². The van der Waals surface area contributed by atoms with Crippen molar-refractivity contribution >= 4 is 0 Å². The smallest absolute Gasteiger partial charge is 0.0155 e. The van der Waals surface area contributed by atoms with Crippen molar-refractivity contribution in [3.63, 3.8) is 0 Å². The Morgan fingerprint density at radius 3 is 2.44 bits per heavy atom. The lowest BCUT2D eigenvalue weighted by Crippen LogP contribution is -2.60. The van der Waals surface area contributed by atoms with Gasteiger partial charge in [0.2, 0.25) is 0 Å². The number of nitrogens with zero attached hydrogens (tertiary/aromatic N) is 1. The van der Waals surface area contributed by atoms with Crippen LogP contribution < -0.4 is 5.73 Å². The Hall–Kier alpha value is -0.0800. The van der Waals surface area contributed by atoms with Gasteiger partial charge in [-0.3, -0.25) is 4.90 Å². The molecule has 2 atom stereocenters. The standard InChI is InChI=1S/C16H30N2/c17-12-8-14-6-2-5-13-18(14)15-7-11-16(15)9-3-1-4-10-16/h14-15H,1-13,17H2. The van der Waals surface area contributed by atoms with E-state index in [1.165, 1.54) is 77.2 Å². The highest BCUT2D eigenvalue weighted by molar-refractivity contribution is 5.04. The van der Waals surface area contributed by atoms with E-state index in [2.05, 4.69) is 4.90 Å². The van der Waals surface area contributed by atoms with Crippen LogP contribution >= 0.6 is 0 Å². The number of rotatable bonds is 3. The average molecular weight is 250 g/mol. The molecule has 1 spiro atoms. The maximum atomic E-state index is 5.82. The molecule has 1 saturated heterocycles. The molecule has 3 aliphatic rings. The first-order valence-electron chi connectivity index (χ1n) is 8.31. The second-order valence-corrected chi connectivity index (χ2v) is 6.94. The molecule has 0 aromatic rings. The second kappa shape index (κ2) is 5.50. The summed E-state index contributed by atoms with van der Waals surface area (Å²) in [5, 5.41) is 0. The first kappa shape index (κ1) is 12.9. The van der Waals surface area contributed by atoms with Crippen LogP contribution in [0.15, 0.2) is 0 Å². The Labute approximate surface area is 112 Å². The summed E-state index contributed by atoms with van der Waals surface area (Å²) in [4.78, 5) is 2.89. The molecule has 2 nitrogen and oxygen atoms in total. The molecule has 1 heterocycles. The average Bonchev–Trinajstić information content (AvgIpc) is 2.41. The van der Waals surface area contributed by atoms with E-state index in [-0.39, 0.29) is 0 Å². The van der Waals surface area contributed by atoms with E-state index in [4.69, 9.17) is 5.73 Å². The molecule has 104 valence electrons. The lowest BCUT2D eigenvalue weighted by atomic mass is 9.56. The van der Waals surface area contributed by atoms with Gasteiger partial charge in [0.1, 0.15) is 0 Å². The molecule has 0 aromatic heterocycles. The fraction of sp³-hybridized carbons (Fsp3) is 1.00. The lowest BCUT2D eigenvalue weighted by molar-refractivity contribution is -0.0812. The minimum Gasteiger partial charge on any atom is -0.330 e. The normalized spacial score (nSPS) is 36.5. The zero-order chi connectivity index (χ0) is 12.4. The van der Waals surface area contributed by atoms with Crippen LogP contribution in [0.25, 0.3) is 0 Å². The van der Waals surface area contributed by atoms with E-state index in [0.29, 0.717) is 0 Å². The molecule has 0 aromatic carbocycles. The van der Waals surface area contributed by atoms with Crippen LogP contribution in [0.5, 0.6) is 0 Å². The van der Waals surface area contributed by atoms with Crippen molar-refractivity contribution in [2.45, 2.75) is 82.7 Å². The Balaban J connectivity index is 1.68. The summed E-state index contributed by atoms with van der Waals surface area (Å²) in [6, 6.07) is 1.74. The molecule has 0 bridgehead atoms. The highest BCUT2D eigenvalue weighted by Crippen LogP contribution is 2.54. The van der Waals surface area contributed by atoms with Gasteiger partial charge in [-0.1, -0.05) is 25.7 Å². The molecule has 2 N–H and O–H groups in total. The summed E-state index contributed by atoms with van der Waals surface area (Å²) in [5.41, 5.74) is 6.56. The zero-order valence-electron chi connectivity index (χ0n) is 11.9. The van der Waals surface area contributed by atoms with Gasteiger partial charge in [0.05, 0.1) is 0 Å². The summed E-state index contributed by atoms with van der Waals surface area (Å²) in [6.45, 7) is 2.23. The summed E-state index contributed by atoms with van der Waals surface area (Å²) >= 11 is 0. The van der Waals surface area contributed by atoms with Crippen molar-refractivity contribution in [3.8, 4) is 0 Å². The van der Waals surface area contributed by atoms with Gasteiger partial charge in [0, 0.05) is 12.1 Å². The predicted octanol–water partition coefficient (Wildman–Crippen LogP) is 3.30. The van der Waals surface area contributed by atoms with E-state index in [0.717, 1.165) is 24.0 Å². The first-order chi connectivity index (χ1) is 8.86. The summed E-state index contributed by atoms with van der Waals surface area (Å²) in [7, 11) is 0. The number of hydrogen-bond acceptors (Lipinski definition) is 2. The quantitative estimate of drug-likeness (QED) is 0.832. The fourth-order valence-corrected chi connectivity index (χ4v) is 4.97. The van der Waals surface area contributed by atoms with Crippen LogP contribution in [0.3, 0.4) is 0 Å². The van der Waals surface area contributed by atoms with E-state index in [9.17, 15) is 0 Å². The third kappa shape index (κ3) is 2.22. The minimum absolute atomic E-state index is 0.739. The zero-order valence-corrected chi connectivity index (χ0v) is 11.9. The molecule has 2 saturated carbocycles. The largest absolute Gasteiger partial charge is 0.330 e. The lowest BCUT2D eigenvalue weighted by Gasteiger charge is -2.59. The van der Waals surface area contributed by atoms with E-state index < -0.39 is 0 Å². The van der Waals surface area contributed by atoms with Crippen molar-refractivity contribution in [1.29, 1.82) is 0 Å². The monoisotopic (exact) mass is 250 g/mol. The Morgan fingerprint density at radius 1 is 0.944 bits per heavy atom. The topological polar surface area (TPSA) is 29.3 Å². The molecule has 3 fully saturated rings. The van der Waals surface area contributed by atoms with E-state index in [1.807, 2.05) is 0 Å². The van der Waals surface area contributed by atoms with Gasteiger partial charge in [-0.25, -0.2) is 0 Å². The van der Waals surface area contributed by atoms with Crippen LogP contribution in [0, 0.1) is 5.41 Å². The summed E-state index contributed by atoms with van der Waals surface area (Å²) < 4.78 is 0. The van der Waals surface area contributed by atoms with E-state index >= 15 is 0 Å². The maximum absolute atomic E-state index is 5.82. The molecule has 1 aliphatic heterocycles. The van der Waals surface area contributed by atoms with Crippen LogP contribution in [0.1, 0.15) is 70.6 Å². The van der Waals surface area contributed by atoms with Crippen molar-refractivity contribution in [3.05, 3.63) is 0 Å². The van der Waals surface area contributed by atoms with Crippen molar-refractivity contribution < 1.29 is 0 Å². The van der Waals surface area contributed by atoms with Gasteiger partial charge in [-0.2, -0.15) is 0 Å². The fourth-order valence-electron chi connectivity index (χ4n) is 4.97. The summed E-state index contributed by atoms with van der Waals surface area (Å²) in [6.07, 6.45) is 16.0. The van der Waals surface area contributed by atoms with Gasteiger partial charge >= 0.3 is 0 Å². The van der Waals surface area contributed by atoms with Crippen molar-refractivity contribution in [2.24, 2.45) is 11.1 Å². The second-order valence-electron chi connectivity index (χ2n) is 6.94. The van der Waals surface area contributed by atoms with Crippen LogP contribution in [0.2, 0.25) is 0 Å². The molecule has 0 amide bonds. The van der Waals surface area contributed by atoms with Gasteiger partial charge in [-0.15, -0.1) is 0 Å². The Bertz CT molecular complexity index is 268. The molecule has 2 unspecified atom stereocenters. The number of piperidine rings is 1. The van der Waals surface area contributed by atoms with Gasteiger partial charge in [0.25, 0.3) is 0 Å². The Morgan fingerprint density at radius 2 is 1.78 bits per heavy atom. The van der Waals surface area contributed by atoms with Crippen molar-refractivity contribution in [2.75, 3.05) is 13.1 Å². The molecule has 0 radical (unpaired) electrons. The van der Waals surface area contributed by atoms with E-state index in [1.54, 1.807) is 0 Å². The highest BCUT2D eigenvalue weighted by Gasteiger charge is 2.50. The maximum Gasteiger partial charge on any atom is 0.0155 e. The van der Waals surface area contributed by atoms with Crippen LogP contribution in [-0.4, -0.2) is 30.1 Å². The Kier molecular flexibility index (Phi) is 3.95. The minimum atomic E-state index is 0.739. The first-order valence-corrected chi connectivity index (χ1v) is 8.31. The van der Waals surface area contributed by atoms with Gasteiger partial charge < -0.3 is 5.73 Å². The predicted molar refractivity (Wildman–Crippen MR) is 76.6 cm³/mol. The van der Waals surface area contributed by atoms with Gasteiger partial charge in [0.15, 0.2) is 0 Å². The van der Waals surface area contributed by atoms with Crippen LogP contribution in [0.4, 0.5) is 0 Å². The number of likely N-dealkylation sites (tertiary alicyclic amines) is 1. The molecule has 2 aliphatic carbocycles. The van der Waals surface area contributed by atoms with Gasteiger partial charge in [-0.05, 0) is 63.5 Å². The number of hydrogen-bond donors (Lipinski definition) is 1. The molecular weight excluding hydrogens is 220 g/mol. The molecule has 18 heavy (non-hydrogen) atoms. The SMILES string of the molecule is NCCC1CCCCN1C1CCC12CCCCC2. The molecule has 2 heteroatoms. The molecular formula is C16H30N2. The third-order valence-electron chi connectivity index (χ3n) is 6.04. The third-order valence-corrected chi connectivity index (χ3v) is 6.04. The molecule has 3 rings (SSSR count). The highest BCUT2D eigenvalue weighted by atomic mass is 15.2. The summed E-state index contributed by atoms with van der Waals surface area (Å²) in [5.74, 6) is 0.